The van der Waals surface area contributed by atoms with Crippen molar-refractivity contribution in [3.8, 4) is 0 Å². The van der Waals surface area contributed by atoms with E-state index in [1.165, 1.54) is 11.3 Å². The van der Waals surface area contributed by atoms with Crippen molar-refractivity contribution in [1.82, 2.24) is 9.88 Å². The van der Waals surface area contributed by atoms with Crippen LogP contribution in [0.5, 0.6) is 0 Å². The van der Waals surface area contributed by atoms with Crippen molar-refractivity contribution in [2.75, 3.05) is 6.54 Å². The van der Waals surface area contributed by atoms with Crippen LogP contribution in [0.15, 0.2) is 10.2 Å². The molecule has 1 atom stereocenters. The molecule has 1 aromatic heterocycles. The van der Waals surface area contributed by atoms with Crippen LogP contribution in [-0.4, -0.2) is 17.2 Å². The molecule has 1 N–H and O–H groups in total. The monoisotopic (exact) mass is 228 g/mol. The second-order valence-corrected chi connectivity index (χ2v) is 5.24. The first-order chi connectivity index (χ1) is 7.00. The summed E-state index contributed by atoms with van der Waals surface area (Å²) >= 11 is 1.28. The zero-order valence-corrected chi connectivity index (χ0v) is 10.7. The highest BCUT2D eigenvalue weighted by Gasteiger charge is 2.08. The third-order valence-electron chi connectivity index (χ3n) is 2.35. The van der Waals surface area contributed by atoms with Gasteiger partial charge in [0.1, 0.15) is 0 Å². The van der Waals surface area contributed by atoms with E-state index in [0.717, 1.165) is 18.8 Å². The van der Waals surface area contributed by atoms with Gasteiger partial charge in [0.2, 0.25) is 0 Å². The first kappa shape index (κ1) is 12.5. The number of aromatic nitrogens is 1. The van der Waals surface area contributed by atoms with E-state index >= 15 is 0 Å². The number of nitrogens with one attached hydrogen (secondary N) is 1. The minimum Gasteiger partial charge on any atom is -0.314 e. The summed E-state index contributed by atoms with van der Waals surface area (Å²) < 4.78 is 1.86. The molecule has 1 unspecified atom stereocenters. The van der Waals surface area contributed by atoms with Gasteiger partial charge in [-0.2, -0.15) is 0 Å². The van der Waals surface area contributed by atoms with Crippen LogP contribution in [0, 0.1) is 12.8 Å². The summed E-state index contributed by atoms with van der Waals surface area (Å²) in [5.74, 6) is 0.485. The standard InChI is InChI=1S/C11H20N2OS/c1-8(2)12-5-9(3)6-13-10(4)7-15-11(13)14/h7-9,12H,5-6H2,1-4H3. The Hall–Kier alpha value is -0.610. The summed E-state index contributed by atoms with van der Waals surface area (Å²) in [7, 11) is 0. The molecule has 0 aliphatic carbocycles. The second-order valence-electron chi connectivity index (χ2n) is 4.42. The molecule has 0 amide bonds. The Labute approximate surface area is 95.1 Å². The van der Waals surface area contributed by atoms with Gasteiger partial charge in [-0.25, -0.2) is 0 Å². The highest BCUT2D eigenvalue weighted by atomic mass is 32.1. The Bertz CT molecular complexity index is 354. The van der Waals surface area contributed by atoms with Crippen LogP contribution in [0.1, 0.15) is 26.5 Å². The molecule has 0 aromatic carbocycles. The summed E-state index contributed by atoms with van der Waals surface area (Å²) in [5, 5.41) is 5.31. The molecule has 0 saturated heterocycles. The highest BCUT2D eigenvalue weighted by Crippen LogP contribution is 2.04. The van der Waals surface area contributed by atoms with Crippen molar-refractivity contribution in [2.45, 2.75) is 40.3 Å². The van der Waals surface area contributed by atoms with Gasteiger partial charge in [-0.3, -0.25) is 4.79 Å². The van der Waals surface area contributed by atoms with Gasteiger partial charge >= 0.3 is 4.87 Å². The predicted molar refractivity (Wildman–Crippen MR) is 65.6 cm³/mol. The van der Waals surface area contributed by atoms with Crippen molar-refractivity contribution in [3.63, 3.8) is 0 Å². The number of nitrogens with zero attached hydrogens (tertiary/aromatic N) is 1. The van der Waals surface area contributed by atoms with Gasteiger partial charge in [0.25, 0.3) is 0 Å². The quantitative estimate of drug-likeness (QED) is 0.834. The highest BCUT2D eigenvalue weighted by molar-refractivity contribution is 7.07. The largest absolute Gasteiger partial charge is 0.314 e. The molecular formula is C11H20N2OS. The van der Waals surface area contributed by atoms with E-state index in [2.05, 4.69) is 26.1 Å². The number of aryl methyl sites for hydroxylation is 1. The van der Waals surface area contributed by atoms with E-state index in [-0.39, 0.29) is 4.87 Å². The molecule has 0 saturated carbocycles. The van der Waals surface area contributed by atoms with Gasteiger partial charge in [-0.05, 0) is 19.4 Å². The van der Waals surface area contributed by atoms with Gasteiger partial charge in [0.05, 0.1) is 0 Å². The van der Waals surface area contributed by atoms with Gasteiger partial charge in [-0.1, -0.05) is 32.1 Å². The van der Waals surface area contributed by atoms with Crippen molar-refractivity contribution < 1.29 is 0 Å². The van der Waals surface area contributed by atoms with Crippen LogP contribution in [0.4, 0.5) is 0 Å². The van der Waals surface area contributed by atoms with Crippen molar-refractivity contribution in [2.24, 2.45) is 5.92 Å². The molecule has 4 heteroatoms. The number of thiazole rings is 1. The fourth-order valence-corrected chi connectivity index (χ4v) is 2.18. The Morgan fingerprint density at radius 1 is 1.47 bits per heavy atom. The number of rotatable bonds is 5. The van der Waals surface area contributed by atoms with Crippen LogP contribution in [-0.2, 0) is 6.54 Å². The zero-order chi connectivity index (χ0) is 11.4. The lowest BCUT2D eigenvalue weighted by Gasteiger charge is -2.15. The normalized spacial score (nSPS) is 13.4. The lowest BCUT2D eigenvalue weighted by atomic mass is 10.1. The lowest BCUT2D eigenvalue weighted by Crippen LogP contribution is -2.31. The maximum absolute atomic E-state index is 11.5. The van der Waals surface area contributed by atoms with Crippen LogP contribution < -0.4 is 10.2 Å². The van der Waals surface area contributed by atoms with Crippen LogP contribution in [0.2, 0.25) is 0 Å². The molecule has 1 heterocycles. The molecule has 86 valence electrons. The van der Waals surface area contributed by atoms with Gasteiger partial charge in [0, 0.05) is 23.7 Å². The molecule has 1 aromatic rings. The summed E-state index contributed by atoms with van der Waals surface area (Å²) in [6, 6.07) is 0.507. The average Bonchev–Trinajstić information content (AvgIpc) is 2.46. The number of hydrogen-bond donors (Lipinski definition) is 1. The fourth-order valence-electron chi connectivity index (χ4n) is 1.44. The molecule has 0 aliphatic heterocycles. The maximum atomic E-state index is 11.5. The molecule has 0 aliphatic rings. The maximum Gasteiger partial charge on any atom is 0.307 e. The first-order valence-electron chi connectivity index (χ1n) is 5.39. The van der Waals surface area contributed by atoms with E-state index in [1.807, 2.05) is 16.9 Å². The third-order valence-corrected chi connectivity index (χ3v) is 3.23. The average molecular weight is 228 g/mol. The van der Waals surface area contributed by atoms with Gasteiger partial charge in [0.15, 0.2) is 0 Å². The Morgan fingerprint density at radius 2 is 2.13 bits per heavy atom. The molecular weight excluding hydrogens is 208 g/mol. The van der Waals surface area contributed by atoms with E-state index in [9.17, 15) is 4.79 Å². The third kappa shape index (κ3) is 3.80. The van der Waals surface area contributed by atoms with E-state index in [4.69, 9.17) is 0 Å². The molecule has 0 radical (unpaired) electrons. The van der Waals surface area contributed by atoms with Crippen LogP contribution in [0.3, 0.4) is 0 Å². The lowest BCUT2D eigenvalue weighted by molar-refractivity contribution is 0.419. The van der Waals surface area contributed by atoms with Crippen molar-refractivity contribution in [1.29, 1.82) is 0 Å². The van der Waals surface area contributed by atoms with Gasteiger partial charge in [-0.15, -0.1) is 0 Å². The Kier molecular flexibility index (Phi) is 4.54. The number of hydrogen-bond acceptors (Lipinski definition) is 3. The minimum absolute atomic E-state index is 0.156. The molecule has 15 heavy (non-hydrogen) atoms. The first-order valence-corrected chi connectivity index (χ1v) is 6.27. The fraction of sp³-hybridized carbons (Fsp3) is 0.727. The van der Waals surface area contributed by atoms with E-state index in [0.29, 0.717) is 12.0 Å². The van der Waals surface area contributed by atoms with E-state index in [1.54, 1.807) is 0 Å². The van der Waals surface area contributed by atoms with Crippen molar-refractivity contribution >= 4 is 11.3 Å². The molecule has 3 nitrogen and oxygen atoms in total. The zero-order valence-electron chi connectivity index (χ0n) is 9.91. The summed E-state index contributed by atoms with van der Waals surface area (Å²) in [4.78, 5) is 11.6. The summed E-state index contributed by atoms with van der Waals surface area (Å²) in [6.45, 7) is 10.2. The molecule has 0 bridgehead atoms. The van der Waals surface area contributed by atoms with Crippen molar-refractivity contribution in [3.05, 3.63) is 20.7 Å². The van der Waals surface area contributed by atoms with Gasteiger partial charge < -0.3 is 9.88 Å². The summed E-state index contributed by atoms with van der Waals surface area (Å²) in [5.41, 5.74) is 1.07. The predicted octanol–water partition coefficient (Wildman–Crippen LogP) is 1.85. The van der Waals surface area contributed by atoms with Crippen LogP contribution >= 0.6 is 11.3 Å². The SMILES string of the molecule is Cc1csc(=O)n1CC(C)CNC(C)C. The minimum atomic E-state index is 0.156. The molecule has 0 spiro atoms. The smallest absolute Gasteiger partial charge is 0.307 e. The molecule has 0 fully saturated rings. The Morgan fingerprint density at radius 3 is 2.60 bits per heavy atom. The second kappa shape index (κ2) is 5.47. The molecule has 1 rings (SSSR count). The van der Waals surface area contributed by atoms with Crippen LogP contribution in [0.25, 0.3) is 0 Å². The topological polar surface area (TPSA) is 34.0 Å². The van der Waals surface area contributed by atoms with E-state index < -0.39 is 0 Å². The Balaban J connectivity index is 2.51. The summed E-state index contributed by atoms with van der Waals surface area (Å²) in [6.07, 6.45) is 0.